The molecule has 24 heavy (non-hydrogen) atoms. The van der Waals surface area contributed by atoms with Crippen LogP contribution in [0.5, 0.6) is 0 Å². The van der Waals surface area contributed by atoms with Crippen molar-refractivity contribution in [1.82, 2.24) is 4.90 Å². The minimum absolute atomic E-state index is 0.0480. The van der Waals surface area contributed by atoms with Gasteiger partial charge in [-0.15, -0.1) is 4.90 Å². The van der Waals surface area contributed by atoms with Gasteiger partial charge < -0.3 is 9.47 Å². The summed E-state index contributed by atoms with van der Waals surface area (Å²) in [5, 5.41) is 0. The van der Waals surface area contributed by atoms with E-state index < -0.39 is 35.1 Å². The highest BCUT2D eigenvalue weighted by atomic mass is 19.1. The molecule has 1 aromatic rings. The number of halogens is 1. The van der Waals surface area contributed by atoms with E-state index >= 15 is 0 Å². The monoisotopic (exact) mass is 339 g/mol. The van der Waals surface area contributed by atoms with Crippen LogP contribution in [-0.4, -0.2) is 34.2 Å². The Labute approximate surface area is 140 Å². The van der Waals surface area contributed by atoms with Gasteiger partial charge in [-0.3, -0.25) is 4.79 Å². The summed E-state index contributed by atoms with van der Waals surface area (Å²) in [7, 11) is 0. The van der Waals surface area contributed by atoms with E-state index in [0.29, 0.717) is 0 Å². The molecule has 6 nitrogen and oxygen atoms in total. The van der Waals surface area contributed by atoms with Gasteiger partial charge in [-0.25, -0.2) is 14.0 Å². The van der Waals surface area contributed by atoms with Gasteiger partial charge in [0.05, 0.1) is 0 Å². The molecule has 0 aliphatic heterocycles. The van der Waals surface area contributed by atoms with Gasteiger partial charge in [-0.1, -0.05) is 0 Å². The van der Waals surface area contributed by atoms with Crippen LogP contribution in [0.3, 0.4) is 0 Å². The van der Waals surface area contributed by atoms with Crippen molar-refractivity contribution in [2.24, 2.45) is 0 Å². The molecular formula is C17H22FNO5. The molecule has 0 heterocycles. The van der Waals surface area contributed by atoms with E-state index in [1.54, 1.807) is 41.5 Å². The van der Waals surface area contributed by atoms with Crippen molar-refractivity contribution in [3.8, 4) is 0 Å². The Bertz CT molecular complexity index is 598. The molecule has 0 spiro atoms. The maximum Gasteiger partial charge on any atom is 0.427 e. The first kappa shape index (κ1) is 19.6. The minimum atomic E-state index is -1.16. The quantitative estimate of drug-likeness (QED) is 0.769. The van der Waals surface area contributed by atoms with Gasteiger partial charge in [0.25, 0.3) is 5.91 Å². The van der Waals surface area contributed by atoms with Crippen molar-refractivity contribution in [2.45, 2.75) is 52.7 Å². The topological polar surface area (TPSA) is 72.9 Å². The van der Waals surface area contributed by atoms with Crippen LogP contribution in [0.25, 0.3) is 0 Å². The highest BCUT2D eigenvalue weighted by Gasteiger charge is 2.36. The molecule has 0 atom stereocenters. The van der Waals surface area contributed by atoms with Crippen molar-refractivity contribution < 1.29 is 28.2 Å². The molecule has 7 heteroatoms. The molecule has 1 rings (SSSR count). The molecule has 0 saturated heterocycles. The van der Waals surface area contributed by atoms with E-state index in [4.69, 9.17) is 9.47 Å². The predicted molar refractivity (Wildman–Crippen MR) is 85.0 cm³/mol. The van der Waals surface area contributed by atoms with Crippen LogP contribution in [0.15, 0.2) is 24.3 Å². The average Bonchev–Trinajstić information content (AvgIpc) is 2.34. The Hall–Kier alpha value is -2.44. The van der Waals surface area contributed by atoms with Crippen LogP contribution in [-0.2, 0) is 9.47 Å². The Morgan fingerprint density at radius 2 is 1.21 bits per heavy atom. The molecule has 0 unspecified atom stereocenters. The molecule has 0 N–H and O–H groups in total. The third-order valence-corrected chi connectivity index (χ3v) is 2.45. The Balaban J connectivity index is 3.16. The fourth-order valence-electron chi connectivity index (χ4n) is 1.58. The van der Waals surface area contributed by atoms with Gasteiger partial charge in [0.1, 0.15) is 17.0 Å². The van der Waals surface area contributed by atoms with E-state index in [2.05, 4.69) is 0 Å². The average molecular weight is 339 g/mol. The largest absolute Gasteiger partial charge is 0.443 e. The molecule has 0 bridgehead atoms. The Morgan fingerprint density at radius 3 is 1.54 bits per heavy atom. The van der Waals surface area contributed by atoms with Crippen molar-refractivity contribution in [3.05, 3.63) is 35.6 Å². The first-order valence-corrected chi connectivity index (χ1v) is 7.36. The predicted octanol–water partition coefficient (Wildman–Crippen LogP) is 4.14. The second-order valence-electron chi connectivity index (χ2n) is 7.11. The second kappa shape index (κ2) is 6.98. The van der Waals surface area contributed by atoms with Crippen LogP contribution in [0.4, 0.5) is 14.0 Å². The van der Waals surface area contributed by atoms with E-state index in [9.17, 15) is 18.8 Å². The zero-order valence-electron chi connectivity index (χ0n) is 14.7. The smallest absolute Gasteiger partial charge is 0.427 e. The maximum atomic E-state index is 13.0. The molecule has 0 fully saturated rings. The lowest BCUT2D eigenvalue weighted by Gasteiger charge is -2.27. The van der Waals surface area contributed by atoms with Crippen LogP contribution in [0, 0.1) is 5.82 Å². The van der Waals surface area contributed by atoms with Gasteiger partial charge >= 0.3 is 12.2 Å². The molecule has 0 aromatic heterocycles. The normalized spacial score (nSPS) is 11.6. The molecule has 1 aromatic carbocycles. The summed E-state index contributed by atoms with van der Waals surface area (Å²) in [4.78, 5) is 37.3. The summed E-state index contributed by atoms with van der Waals surface area (Å²) >= 11 is 0. The van der Waals surface area contributed by atoms with Gasteiger partial charge in [-0.05, 0) is 65.8 Å². The summed E-state index contributed by atoms with van der Waals surface area (Å²) < 4.78 is 23.2. The van der Waals surface area contributed by atoms with Crippen LogP contribution < -0.4 is 0 Å². The number of hydrogen-bond donors (Lipinski definition) is 0. The van der Waals surface area contributed by atoms with E-state index in [0.717, 1.165) is 12.1 Å². The van der Waals surface area contributed by atoms with Crippen molar-refractivity contribution in [3.63, 3.8) is 0 Å². The van der Waals surface area contributed by atoms with Crippen LogP contribution in [0.1, 0.15) is 51.9 Å². The van der Waals surface area contributed by atoms with Gasteiger partial charge in [-0.2, -0.15) is 0 Å². The standard InChI is InChI=1S/C17H22FNO5/c1-16(2,3)23-14(21)19(15(22)24-17(4,5)6)13(20)11-7-9-12(18)10-8-11/h7-10H,1-6H3. The number of hydrogen-bond acceptors (Lipinski definition) is 5. The Morgan fingerprint density at radius 1 is 0.833 bits per heavy atom. The molecule has 132 valence electrons. The minimum Gasteiger partial charge on any atom is -0.443 e. The van der Waals surface area contributed by atoms with Crippen LogP contribution in [0.2, 0.25) is 0 Å². The number of benzene rings is 1. The third-order valence-electron chi connectivity index (χ3n) is 2.45. The number of rotatable bonds is 1. The SMILES string of the molecule is CC(C)(C)OC(=O)N(C(=O)OC(C)(C)C)C(=O)c1ccc(F)cc1. The first-order chi connectivity index (χ1) is 10.8. The molecule has 0 aliphatic rings. The number of carbonyl (C=O) groups excluding carboxylic acids is 3. The molecule has 0 aliphatic carbocycles. The van der Waals surface area contributed by atoms with Gasteiger partial charge in [0.2, 0.25) is 0 Å². The van der Waals surface area contributed by atoms with E-state index in [1.165, 1.54) is 12.1 Å². The summed E-state index contributed by atoms with van der Waals surface area (Å²) in [6, 6.07) is 4.43. The number of imide groups is 3. The highest BCUT2D eigenvalue weighted by molar-refractivity contribution is 6.13. The lowest BCUT2D eigenvalue weighted by atomic mass is 10.2. The third kappa shape index (κ3) is 5.98. The zero-order chi connectivity index (χ0) is 18.7. The van der Waals surface area contributed by atoms with Crippen molar-refractivity contribution in [2.75, 3.05) is 0 Å². The van der Waals surface area contributed by atoms with Crippen LogP contribution >= 0.6 is 0 Å². The maximum absolute atomic E-state index is 13.0. The van der Waals surface area contributed by atoms with E-state index in [1.807, 2.05) is 0 Å². The summed E-state index contributed by atoms with van der Waals surface area (Å²) in [6.07, 6.45) is -2.32. The molecule has 0 saturated carbocycles. The first-order valence-electron chi connectivity index (χ1n) is 7.36. The highest BCUT2D eigenvalue weighted by Crippen LogP contribution is 2.17. The van der Waals surface area contributed by atoms with Crippen molar-refractivity contribution in [1.29, 1.82) is 0 Å². The summed E-state index contributed by atoms with van der Waals surface area (Å²) in [6.45, 7) is 9.59. The van der Waals surface area contributed by atoms with Crippen molar-refractivity contribution >= 4 is 18.1 Å². The molecular weight excluding hydrogens is 317 g/mol. The van der Waals surface area contributed by atoms with Gasteiger partial charge in [0.15, 0.2) is 0 Å². The van der Waals surface area contributed by atoms with Gasteiger partial charge in [0, 0.05) is 5.56 Å². The molecule has 3 amide bonds. The second-order valence-corrected chi connectivity index (χ2v) is 7.11. The fraction of sp³-hybridized carbons (Fsp3) is 0.471. The number of ether oxygens (including phenoxy) is 2. The summed E-state index contributed by atoms with van der Waals surface area (Å²) in [5.74, 6) is -1.51. The number of amides is 3. The number of carbonyl (C=O) groups is 3. The fourth-order valence-corrected chi connectivity index (χ4v) is 1.58. The lowest BCUT2D eigenvalue weighted by Crippen LogP contribution is -2.46. The van der Waals surface area contributed by atoms with E-state index in [-0.39, 0.29) is 10.5 Å². The lowest BCUT2D eigenvalue weighted by molar-refractivity contribution is 0.00398. The Kier molecular flexibility index (Phi) is 5.71. The zero-order valence-corrected chi connectivity index (χ0v) is 14.7. The molecule has 0 radical (unpaired) electrons. The summed E-state index contributed by atoms with van der Waals surface area (Å²) in [5.41, 5.74) is -1.88. The number of nitrogens with zero attached hydrogens (tertiary/aromatic N) is 1.